The maximum atomic E-state index is 10.4. The molecule has 0 aliphatic rings. The Morgan fingerprint density at radius 2 is 2.25 bits per heavy atom. The van der Waals surface area contributed by atoms with E-state index in [9.17, 15) is 5.11 Å². The molecule has 0 saturated heterocycles. The normalized spacial score (nSPS) is 12.4. The van der Waals surface area contributed by atoms with E-state index in [2.05, 4.69) is 32.4 Å². The molecule has 1 atom stereocenters. The third-order valence-electron chi connectivity index (χ3n) is 3.20. The number of hydrogen-bond donors (Lipinski definition) is 1. The number of halogens is 1. The lowest BCUT2D eigenvalue weighted by Gasteiger charge is -2.15. The van der Waals surface area contributed by atoms with Gasteiger partial charge in [0.1, 0.15) is 11.6 Å². The fourth-order valence-electron chi connectivity index (χ4n) is 2.22. The standard InChI is InChI=1S/C15H19BrN2O2/c1-3-7-18-8-6-17-15(18)10-13(19)12-5-4-11(16)9-14(12)20-2/h4-6,8-9,13,19H,3,7,10H2,1-2H3. The number of nitrogens with zero attached hydrogens (tertiary/aromatic N) is 2. The Morgan fingerprint density at radius 1 is 1.45 bits per heavy atom. The van der Waals surface area contributed by atoms with Crippen LogP contribution < -0.4 is 4.74 Å². The monoisotopic (exact) mass is 338 g/mol. The molecule has 5 heteroatoms. The van der Waals surface area contributed by atoms with Crippen molar-refractivity contribution in [2.45, 2.75) is 32.4 Å². The molecule has 1 heterocycles. The van der Waals surface area contributed by atoms with Crippen molar-refractivity contribution in [3.05, 3.63) is 46.5 Å². The Balaban J connectivity index is 2.19. The van der Waals surface area contributed by atoms with Gasteiger partial charge in [0.15, 0.2) is 0 Å². The van der Waals surface area contributed by atoms with Crippen LogP contribution in [0.2, 0.25) is 0 Å². The number of benzene rings is 1. The molecule has 4 nitrogen and oxygen atoms in total. The van der Waals surface area contributed by atoms with Gasteiger partial charge in [-0.2, -0.15) is 0 Å². The summed E-state index contributed by atoms with van der Waals surface area (Å²) in [6.07, 6.45) is 4.61. The maximum Gasteiger partial charge on any atom is 0.125 e. The molecule has 0 amide bonds. The third-order valence-corrected chi connectivity index (χ3v) is 3.69. The van der Waals surface area contributed by atoms with Gasteiger partial charge in [-0.3, -0.25) is 0 Å². The first-order chi connectivity index (χ1) is 9.65. The summed E-state index contributed by atoms with van der Waals surface area (Å²) >= 11 is 3.40. The molecule has 20 heavy (non-hydrogen) atoms. The highest BCUT2D eigenvalue weighted by atomic mass is 79.9. The molecule has 0 aliphatic heterocycles. The molecule has 1 aromatic heterocycles. The fraction of sp³-hybridized carbons (Fsp3) is 0.400. The van der Waals surface area contributed by atoms with E-state index in [-0.39, 0.29) is 0 Å². The molecule has 1 aromatic carbocycles. The van der Waals surface area contributed by atoms with Gasteiger partial charge in [-0.25, -0.2) is 4.98 Å². The number of aromatic nitrogens is 2. The van der Waals surface area contributed by atoms with Crippen LogP contribution in [-0.4, -0.2) is 21.8 Å². The quantitative estimate of drug-likeness (QED) is 0.878. The van der Waals surface area contributed by atoms with Crippen molar-refractivity contribution in [1.82, 2.24) is 9.55 Å². The van der Waals surface area contributed by atoms with Crippen molar-refractivity contribution >= 4 is 15.9 Å². The van der Waals surface area contributed by atoms with Crippen LogP contribution in [-0.2, 0) is 13.0 Å². The number of methoxy groups -OCH3 is 1. The summed E-state index contributed by atoms with van der Waals surface area (Å²) in [7, 11) is 1.61. The molecule has 0 aliphatic carbocycles. The van der Waals surface area contributed by atoms with Crippen molar-refractivity contribution in [1.29, 1.82) is 0 Å². The summed E-state index contributed by atoms with van der Waals surface area (Å²) in [5, 5.41) is 10.4. The van der Waals surface area contributed by atoms with Gasteiger partial charge in [0.2, 0.25) is 0 Å². The molecule has 2 aromatic rings. The summed E-state index contributed by atoms with van der Waals surface area (Å²) in [5.41, 5.74) is 0.779. The first-order valence-electron chi connectivity index (χ1n) is 6.67. The molecule has 1 N–H and O–H groups in total. The molecule has 0 bridgehead atoms. The number of rotatable bonds is 6. The van der Waals surface area contributed by atoms with Gasteiger partial charge in [-0.1, -0.05) is 28.9 Å². The molecular formula is C15H19BrN2O2. The van der Waals surface area contributed by atoms with E-state index in [4.69, 9.17) is 4.74 Å². The highest BCUT2D eigenvalue weighted by Crippen LogP contribution is 2.30. The smallest absolute Gasteiger partial charge is 0.125 e. The van der Waals surface area contributed by atoms with Crippen LogP contribution in [0.15, 0.2) is 35.1 Å². The van der Waals surface area contributed by atoms with Crippen molar-refractivity contribution < 1.29 is 9.84 Å². The van der Waals surface area contributed by atoms with Crippen molar-refractivity contribution in [3.63, 3.8) is 0 Å². The SMILES string of the molecule is CCCn1ccnc1CC(O)c1ccc(Br)cc1OC. The fourth-order valence-corrected chi connectivity index (χ4v) is 2.56. The predicted molar refractivity (Wildman–Crippen MR) is 81.9 cm³/mol. The van der Waals surface area contributed by atoms with Gasteiger partial charge >= 0.3 is 0 Å². The molecule has 108 valence electrons. The maximum absolute atomic E-state index is 10.4. The topological polar surface area (TPSA) is 47.3 Å². The van der Waals surface area contributed by atoms with Gasteiger partial charge < -0.3 is 14.4 Å². The van der Waals surface area contributed by atoms with Gasteiger partial charge in [0.05, 0.1) is 13.2 Å². The summed E-state index contributed by atoms with van der Waals surface area (Å²) < 4.78 is 8.33. The van der Waals surface area contributed by atoms with E-state index in [1.165, 1.54) is 0 Å². The number of aryl methyl sites for hydroxylation is 1. The zero-order chi connectivity index (χ0) is 14.5. The number of imidazole rings is 1. The van der Waals surface area contributed by atoms with Crippen LogP contribution in [0.25, 0.3) is 0 Å². The van der Waals surface area contributed by atoms with Crippen LogP contribution in [0.3, 0.4) is 0 Å². The van der Waals surface area contributed by atoms with E-state index >= 15 is 0 Å². The number of aliphatic hydroxyl groups is 1. The van der Waals surface area contributed by atoms with E-state index in [1.54, 1.807) is 13.3 Å². The summed E-state index contributed by atoms with van der Waals surface area (Å²) in [5.74, 6) is 1.57. The largest absolute Gasteiger partial charge is 0.496 e. The highest BCUT2D eigenvalue weighted by Gasteiger charge is 2.16. The molecule has 0 fully saturated rings. The first kappa shape index (κ1) is 15.1. The van der Waals surface area contributed by atoms with E-state index in [0.717, 1.165) is 28.8 Å². The Morgan fingerprint density at radius 3 is 2.95 bits per heavy atom. The van der Waals surface area contributed by atoms with Crippen LogP contribution in [0.4, 0.5) is 0 Å². The molecule has 1 unspecified atom stereocenters. The van der Waals surface area contributed by atoms with E-state index < -0.39 is 6.10 Å². The molecule has 0 spiro atoms. The van der Waals surface area contributed by atoms with Crippen LogP contribution in [0, 0.1) is 0 Å². The Bertz CT molecular complexity index is 569. The minimum atomic E-state index is -0.629. The van der Waals surface area contributed by atoms with Gasteiger partial charge in [-0.15, -0.1) is 0 Å². The van der Waals surface area contributed by atoms with Crippen molar-refractivity contribution in [2.24, 2.45) is 0 Å². The van der Waals surface area contributed by atoms with Crippen LogP contribution in [0.1, 0.15) is 30.8 Å². The van der Waals surface area contributed by atoms with E-state index in [1.807, 2.05) is 24.4 Å². The minimum absolute atomic E-state index is 0.477. The average molecular weight is 339 g/mol. The van der Waals surface area contributed by atoms with Crippen molar-refractivity contribution in [3.8, 4) is 5.75 Å². The third kappa shape index (κ3) is 3.41. The number of ether oxygens (including phenoxy) is 1. The second kappa shape index (κ2) is 6.90. The summed E-state index contributed by atoms with van der Waals surface area (Å²) in [4.78, 5) is 4.33. The van der Waals surface area contributed by atoms with Crippen LogP contribution >= 0.6 is 15.9 Å². The van der Waals surface area contributed by atoms with Crippen molar-refractivity contribution in [2.75, 3.05) is 7.11 Å². The van der Waals surface area contributed by atoms with Crippen LogP contribution in [0.5, 0.6) is 5.75 Å². The molecule has 0 radical (unpaired) electrons. The number of hydrogen-bond acceptors (Lipinski definition) is 3. The molecule has 2 rings (SSSR count). The molecular weight excluding hydrogens is 320 g/mol. The first-order valence-corrected chi connectivity index (χ1v) is 7.46. The van der Waals surface area contributed by atoms with Gasteiger partial charge in [-0.05, 0) is 18.6 Å². The molecule has 0 saturated carbocycles. The number of aliphatic hydroxyl groups excluding tert-OH is 1. The Kier molecular flexibility index (Phi) is 5.20. The summed E-state index contributed by atoms with van der Waals surface area (Å²) in [6, 6.07) is 5.64. The Labute approximate surface area is 127 Å². The van der Waals surface area contributed by atoms with E-state index in [0.29, 0.717) is 12.2 Å². The lowest BCUT2D eigenvalue weighted by atomic mass is 10.1. The average Bonchev–Trinajstić information content (AvgIpc) is 2.86. The predicted octanol–water partition coefficient (Wildman–Crippen LogP) is 3.34. The lowest BCUT2D eigenvalue weighted by molar-refractivity contribution is 0.170. The van der Waals surface area contributed by atoms with Gasteiger partial charge in [0.25, 0.3) is 0 Å². The van der Waals surface area contributed by atoms with Gasteiger partial charge in [0, 0.05) is 35.4 Å². The second-order valence-electron chi connectivity index (χ2n) is 4.64. The Hall–Kier alpha value is -1.33. The zero-order valence-corrected chi connectivity index (χ0v) is 13.3. The summed E-state index contributed by atoms with van der Waals surface area (Å²) in [6.45, 7) is 3.04. The zero-order valence-electron chi connectivity index (χ0n) is 11.7. The minimum Gasteiger partial charge on any atom is -0.496 e. The highest BCUT2D eigenvalue weighted by molar-refractivity contribution is 9.10. The second-order valence-corrected chi connectivity index (χ2v) is 5.56. The lowest BCUT2D eigenvalue weighted by Crippen LogP contribution is -2.10.